The third kappa shape index (κ3) is 2.83. The van der Waals surface area contributed by atoms with Gasteiger partial charge in [-0.1, -0.05) is 24.3 Å². The number of rotatable bonds is 4. The molecule has 0 radical (unpaired) electrons. The van der Waals surface area contributed by atoms with Crippen LogP contribution in [0.4, 0.5) is 0 Å². The Morgan fingerprint density at radius 2 is 1.81 bits per heavy atom. The van der Waals surface area contributed by atoms with E-state index >= 15 is 0 Å². The Balaban J connectivity index is 2.88. The molecule has 0 amide bonds. The summed E-state index contributed by atoms with van der Waals surface area (Å²) in [5, 5.41) is -0.374. The maximum atomic E-state index is 11.9. The number of benzene rings is 1. The van der Waals surface area contributed by atoms with Crippen LogP contribution in [0.15, 0.2) is 24.3 Å². The molecule has 0 fully saturated rings. The highest BCUT2D eigenvalue weighted by Gasteiger charge is 2.22. The zero-order chi connectivity index (χ0) is 12.3. The van der Waals surface area contributed by atoms with Crippen molar-refractivity contribution in [3.05, 3.63) is 35.4 Å². The normalized spacial score (nSPS) is 12.4. The smallest absolute Gasteiger partial charge is 0.212 e. The fourth-order valence-corrected chi connectivity index (χ4v) is 2.52. The monoisotopic (exact) mass is 241 g/mol. The van der Waals surface area contributed by atoms with Crippen LogP contribution in [0, 0.1) is 6.92 Å². The topological polar surface area (TPSA) is 37.4 Å². The molecule has 1 aromatic carbocycles. The molecule has 0 spiro atoms. The molecule has 4 heteroatoms. The largest absolute Gasteiger partial charge is 0.216 e. The molecule has 0 unspecified atom stereocenters. The first-order valence-corrected chi connectivity index (χ1v) is 6.85. The van der Waals surface area contributed by atoms with Crippen molar-refractivity contribution in [3.63, 3.8) is 0 Å². The van der Waals surface area contributed by atoms with Crippen molar-refractivity contribution in [1.82, 2.24) is 4.31 Å². The van der Waals surface area contributed by atoms with E-state index in [1.54, 1.807) is 20.9 Å². The van der Waals surface area contributed by atoms with Gasteiger partial charge in [-0.25, -0.2) is 12.7 Å². The number of hydrogen-bond acceptors (Lipinski definition) is 2. The first-order chi connectivity index (χ1) is 7.35. The second-order valence-corrected chi connectivity index (χ2v) is 6.87. The summed E-state index contributed by atoms with van der Waals surface area (Å²) in [5.41, 5.74) is 2.17. The van der Waals surface area contributed by atoms with Crippen molar-refractivity contribution >= 4 is 10.0 Å². The molecule has 0 saturated heterocycles. The molecular weight excluding hydrogens is 222 g/mol. The van der Waals surface area contributed by atoms with Crippen LogP contribution in [0.2, 0.25) is 0 Å². The van der Waals surface area contributed by atoms with Gasteiger partial charge in [0.25, 0.3) is 0 Å². The number of nitrogens with zero attached hydrogens (tertiary/aromatic N) is 1. The maximum Gasteiger partial charge on any atom is 0.216 e. The van der Waals surface area contributed by atoms with Crippen LogP contribution < -0.4 is 0 Å². The van der Waals surface area contributed by atoms with E-state index in [9.17, 15) is 8.42 Å². The van der Waals surface area contributed by atoms with Crippen LogP contribution in [0.25, 0.3) is 0 Å². The predicted molar refractivity (Wildman–Crippen MR) is 66.7 cm³/mol. The Hall–Kier alpha value is -0.870. The summed E-state index contributed by atoms with van der Waals surface area (Å²) in [6, 6.07) is 7.83. The lowest BCUT2D eigenvalue weighted by Gasteiger charge is -2.20. The van der Waals surface area contributed by atoms with Crippen molar-refractivity contribution in [3.8, 4) is 0 Å². The first kappa shape index (κ1) is 13.2. The molecule has 0 N–H and O–H groups in total. The van der Waals surface area contributed by atoms with Gasteiger partial charge in [0, 0.05) is 13.6 Å². The van der Waals surface area contributed by atoms with E-state index in [0.29, 0.717) is 6.54 Å². The van der Waals surface area contributed by atoms with E-state index in [1.165, 1.54) is 4.31 Å². The number of hydrogen-bond donors (Lipinski definition) is 0. The highest BCUT2D eigenvalue weighted by Crippen LogP contribution is 2.14. The fraction of sp³-hybridized carbons (Fsp3) is 0.500. The van der Waals surface area contributed by atoms with Crippen LogP contribution in [-0.2, 0) is 16.6 Å². The van der Waals surface area contributed by atoms with Gasteiger partial charge in [0.2, 0.25) is 10.0 Å². The molecule has 1 rings (SSSR count). The summed E-state index contributed by atoms with van der Waals surface area (Å²) in [5.74, 6) is 0. The average molecular weight is 241 g/mol. The standard InChI is InChI=1S/C12H19NO2S/c1-10(2)16(14,15)13(4)9-12-8-6-5-7-11(12)3/h5-8,10H,9H2,1-4H3. The predicted octanol–water partition coefficient (Wildman–Crippen LogP) is 2.17. The Labute approximate surface area is 98.1 Å². The van der Waals surface area contributed by atoms with Gasteiger partial charge < -0.3 is 0 Å². The molecule has 0 aliphatic rings. The third-order valence-electron chi connectivity index (χ3n) is 2.68. The minimum atomic E-state index is -3.16. The molecule has 0 heterocycles. The quantitative estimate of drug-likeness (QED) is 0.810. The van der Waals surface area contributed by atoms with E-state index in [0.717, 1.165) is 11.1 Å². The molecule has 3 nitrogen and oxygen atoms in total. The molecule has 0 aliphatic carbocycles. The zero-order valence-corrected chi connectivity index (χ0v) is 11.1. The fourth-order valence-electron chi connectivity index (χ4n) is 1.48. The first-order valence-electron chi connectivity index (χ1n) is 5.35. The number of sulfonamides is 1. The van der Waals surface area contributed by atoms with Gasteiger partial charge in [0.1, 0.15) is 0 Å². The second kappa shape index (κ2) is 4.97. The van der Waals surface area contributed by atoms with E-state index in [-0.39, 0.29) is 5.25 Å². The van der Waals surface area contributed by atoms with Crippen molar-refractivity contribution < 1.29 is 8.42 Å². The van der Waals surface area contributed by atoms with Crippen LogP contribution in [-0.4, -0.2) is 25.0 Å². The molecule has 0 saturated carbocycles. The van der Waals surface area contributed by atoms with Gasteiger partial charge in [-0.05, 0) is 31.9 Å². The Morgan fingerprint density at radius 1 is 1.25 bits per heavy atom. The van der Waals surface area contributed by atoms with Crippen LogP contribution in [0.5, 0.6) is 0 Å². The van der Waals surface area contributed by atoms with Crippen molar-refractivity contribution in [2.75, 3.05) is 7.05 Å². The van der Waals surface area contributed by atoms with Crippen molar-refractivity contribution in [2.24, 2.45) is 0 Å². The van der Waals surface area contributed by atoms with E-state index < -0.39 is 10.0 Å². The lowest BCUT2D eigenvalue weighted by Crippen LogP contribution is -2.32. The minimum absolute atomic E-state index is 0.374. The van der Waals surface area contributed by atoms with Crippen molar-refractivity contribution in [2.45, 2.75) is 32.6 Å². The summed E-state index contributed by atoms with van der Waals surface area (Å²) in [7, 11) is -1.53. The molecule has 0 bridgehead atoms. The third-order valence-corrected chi connectivity index (χ3v) is 4.87. The summed E-state index contributed by atoms with van der Waals surface area (Å²) < 4.78 is 25.2. The van der Waals surface area contributed by atoms with Gasteiger partial charge in [0.15, 0.2) is 0 Å². The zero-order valence-electron chi connectivity index (χ0n) is 10.3. The summed E-state index contributed by atoms with van der Waals surface area (Å²) in [6.45, 7) is 5.83. The Morgan fingerprint density at radius 3 is 2.31 bits per heavy atom. The number of aryl methyl sites for hydroxylation is 1. The lowest BCUT2D eigenvalue weighted by atomic mass is 10.1. The SMILES string of the molecule is Cc1ccccc1CN(C)S(=O)(=O)C(C)C. The summed E-state index contributed by atoms with van der Waals surface area (Å²) in [6.07, 6.45) is 0. The Kier molecular flexibility index (Phi) is 4.10. The van der Waals surface area contributed by atoms with Gasteiger partial charge in [-0.2, -0.15) is 0 Å². The average Bonchev–Trinajstić information content (AvgIpc) is 2.21. The van der Waals surface area contributed by atoms with Gasteiger partial charge >= 0.3 is 0 Å². The highest BCUT2D eigenvalue weighted by molar-refractivity contribution is 7.89. The summed E-state index contributed by atoms with van der Waals surface area (Å²) >= 11 is 0. The molecule has 1 aromatic rings. The minimum Gasteiger partial charge on any atom is -0.212 e. The van der Waals surface area contributed by atoms with Gasteiger partial charge in [0.05, 0.1) is 5.25 Å². The molecular formula is C12H19NO2S. The van der Waals surface area contributed by atoms with Crippen molar-refractivity contribution in [1.29, 1.82) is 0 Å². The molecule has 0 aliphatic heterocycles. The molecule has 90 valence electrons. The van der Waals surface area contributed by atoms with Gasteiger partial charge in [-0.15, -0.1) is 0 Å². The van der Waals surface area contributed by atoms with Crippen LogP contribution >= 0.6 is 0 Å². The van der Waals surface area contributed by atoms with E-state index in [4.69, 9.17) is 0 Å². The highest BCUT2D eigenvalue weighted by atomic mass is 32.2. The Bertz CT molecular complexity index is 452. The van der Waals surface area contributed by atoms with E-state index in [2.05, 4.69) is 0 Å². The van der Waals surface area contributed by atoms with Crippen LogP contribution in [0.1, 0.15) is 25.0 Å². The molecule has 16 heavy (non-hydrogen) atoms. The van der Waals surface area contributed by atoms with Gasteiger partial charge in [-0.3, -0.25) is 0 Å². The second-order valence-electron chi connectivity index (χ2n) is 4.28. The molecule has 0 atom stereocenters. The lowest BCUT2D eigenvalue weighted by molar-refractivity contribution is 0.459. The molecule has 0 aromatic heterocycles. The van der Waals surface area contributed by atoms with E-state index in [1.807, 2.05) is 31.2 Å². The van der Waals surface area contributed by atoms with Crippen LogP contribution in [0.3, 0.4) is 0 Å². The summed E-state index contributed by atoms with van der Waals surface area (Å²) in [4.78, 5) is 0. The maximum absolute atomic E-state index is 11.9.